The first-order chi connectivity index (χ1) is 7.31. The first kappa shape index (κ1) is 10.9. The molecule has 3 heteroatoms. The van der Waals surface area contributed by atoms with E-state index in [1.165, 1.54) is 32.1 Å². The van der Waals surface area contributed by atoms with E-state index >= 15 is 0 Å². The van der Waals surface area contributed by atoms with Crippen molar-refractivity contribution in [2.45, 2.75) is 57.5 Å². The quantitative estimate of drug-likeness (QED) is 0.763. The Bertz CT molecular complexity index is 226. The van der Waals surface area contributed by atoms with Gasteiger partial charge in [-0.25, -0.2) is 0 Å². The Morgan fingerprint density at radius 3 is 2.80 bits per heavy atom. The maximum absolute atomic E-state index is 12.0. The van der Waals surface area contributed by atoms with Crippen molar-refractivity contribution in [1.29, 1.82) is 0 Å². The molecule has 1 unspecified atom stereocenters. The molecule has 1 amide bonds. The number of likely N-dealkylation sites (tertiary alicyclic amines) is 1. The van der Waals surface area contributed by atoms with E-state index in [0.717, 1.165) is 13.0 Å². The third-order valence-electron chi connectivity index (χ3n) is 3.54. The van der Waals surface area contributed by atoms with Crippen LogP contribution in [0.4, 0.5) is 0 Å². The van der Waals surface area contributed by atoms with Crippen molar-refractivity contribution >= 4 is 5.91 Å². The Hall–Kier alpha value is -0.570. The van der Waals surface area contributed by atoms with Gasteiger partial charge in [0, 0.05) is 18.6 Å². The molecule has 0 aromatic carbocycles. The fourth-order valence-corrected chi connectivity index (χ4v) is 2.37. The van der Waals surface area contributed by atoms with Gasteiger partial charge in [0.25, 0.3) is 0 Å². The number of piperidine rings is 1. The van der Waals surface area contributed by atoms with Gasteiger partial charge in [-0.05, 0) is 38.5 Å². The number of hydrogen-bond donors (Lipinski definition) is 1. The van der Waals surface area contributed by atoms with E-state index in [-0.39, 0.29) is 0 Å². The monoisotopic (exact) mass is 210 g/mol. The topological polar surface area (TPSA) is 32.3 Å². The van der Waals surface area contributed by atoms with Crippen molar-refractivity contribution in [3.05, 3.63) is 0 Å². The minimum Gasteiger partial charge on any atom is -0.339 e. The first-order valence-electron chi connectivity index (χ1n) is 6.34. The Kier molecular flexibility index (Phi) is 3.62. The van der Waals surface area contributed by atoms with Crippen molar-refractivity contribution in [3.63, 3.8) is 0 Å². The predicted molar refractivity (Wildman–Crippen MR) is 60.7 cm³/mol. The maximum atomic E-state index is 12.0. The zero-order valence-electron chi connectivity index (χ0n) is 9.67. The Morgan fingerprint density at radius 2 is 2.13 bits per heavy atom. The van der Waals surface area contributed by atoms with Crippen LogP contribution in [0, 0.1) is 0 Å². The van der Waals surface area contributed by atoms with Crippen LogP contribution >= 0.6 is 0 Å². The maximum Gasteiger partial charge on any atom is 0.236 e. The number of nitrogens with one attached hydrogen (secondary N) is 1. The third-order valence-corrected chi connectivity index (χ3v) is 3.54. The van der Waals surface area contributed by atoms with Gasteiger partial charge in [-0.3, -0.25) is 4.79 Å². The summed E-state index contributed by atoms with van der Waals surface area (Å²) >= 11 is 0. The molecule has 1 aliphatic carbocycles. The summed E-state index contributed by atoms with van der Waals surface area (Å²) in [5.41, 5.74) is 0. The molecule has 1 aliphatic heterocycles. The van der Waals surface area contributed by atoms with Crippen LogP contribution in [-0.4, -0.2) is 36.0 Å². The summed E-state index contributed by atoms with van der Waals surface area (Å²) in [4.78, 5) is 14.1. The van der Waals surface area contributed by atoms with Gasteiger partial charge in [0.05, 0.1) is 6.54 Å². The highest BCUT2D eigenvalue weighted by molar-refractivity contribution is 5.78. The zero-order chi connectivity index (χ0) is 10.7. The summed E-state index contributed by atoms with van der Waals surface area (Å²) in [5, 5.41) is 3.31. The van der Waals surface area contributed by atoms with Crippen molar-refractivity contribution in [2.75, 3.05) is 13.1 Å². The fourth-order valence-electron chi connectivity index (χ4n) is 2.37. The molecule has 15 heavy (non-hydrogen) atoms. The second-order valence-corrected chi connectivity index (χ2v) is 4.80. The molecule has 86 valence electrons. The smallest absolute Gasteiger partial charge is 0.236 e. The minimum atomic E-state index is 0.313. The van der Waals surface area contributed by atoms with Crippen LogP contribution in [-0.2, 0) is 4.79 Å². The number of rotatable bonds is 4. The molecule has 3 nitrogen and oxygen atoms in total. The van der Waals surface area contributed by atoms with Crippen molar-refractivity contribution in [3.8, 4) is 0 Å². The molecule has 1 atom stereocenters. The molecule has 1 N–H and O–H groups in total. The molecule has 0 aromatic heterocycles. The summed E-state index contributed by atoms with van der Waals surface area (Å²) in [6.45, 7) is 3.72. The second-order valence-electron chi connectivity index (χ2n) is 4.80. The van der Waals surface area contributed by atoms with Crippen LogP contribution < -0.4 is 5.32 Å². The lowest BCUT2D eigenvalue weighted by Gasteiger charge is -2.35. The Labute approximate surface area is 92.2 Å². The summed E-state index contributed by atoms with van der Waals surface area (Å²) in [6.07, 6.45) is 7.29. The van der Waals surface area contributed by atoms with E-state index in [1.54, 1.807) is 0 Å². The molecule has 1 saturated heterocycles. The molecule has 0 aromatic rings. The van der Waals surface area contributed by atoms with Crippen LogP contribution in [0.3, 0.4) is 0 Å². The van der Waals surface area contributed by atoms with E-state index in [4.69, 9.17) is 0 Å². The van der Waals surface area contributed by atoms with Crippen LogP contribution in [0.15, 0.2) is 0 Å². The summed E-state index contributed by atoms with van der Waals surface area (Å²) in [7, 11) is 0. The van der Waals surface area contributed by atoms with Crippen molar-refractivity contribution in [1.82, 2.24) is 10.2 Å². The molecule has 2 fully saturated rings. The van der Waals surface area contributed by atoms with Crippen LogP contribution in [0.2, 0.25) is 0 Å². The molecule has 1 saturated carbocycles. The van der Waals surface area contributed by atoms with E-state index in [1.807, 2.05) is 0 Å². The molecule has 0 spiro atoms. The van der Waals surface area contributed by atoms with E-state index < -0.39 is 0 Å². The third kappa shape index (κ3) is 2.94. The summed E-state index contributed by atoms with van der Waals surface area (Å²) in [5.74, 6) is 0.313. The number of hydrogen-bond acceptors (Lipinski definition) is 2. The molecule has 1 heterocycles. The highest BCUT2D eigenvalue weighted by Crippen LogP contribution is 2.21. The normalized spacial score (nSPS) is 26.7. The predicted octanol–water partition coefficient (Wildman–Crippen LogP) is 1.53. The van der Waals surface area contributed by atoms with Gasteiger partial charge < -0.3 is 10.2 Å². The number of nitrogens with zero attached hydrogens (tertiary/aromatic N) is 1. The van der Waals surface area contributed by atoms with Crippen molar-refractivity contribution in [2.24, 2.45) is 0 Å². The lowest BCUT2D eigenvalue weighted by atomic mass is 10.00. The second kappa shape index (κ2) is 4.97. The average molecular weight is 210 g/mol. The number of carbonyl (C=O) groups is 1. The standard InChI is InChI=1S/C12H22N2O/c1-2-11-5-3-4-8-14(11)12(15)9-13-10-6-7-10/h10-11,13H,2-9H2,1H3. The highest BCUT2D eigenvalue weighted by atomic mass is 16.2. The SMILES string of the molecule is CCC1CCCCN1C(=O)CNC1CC1. The van der Waals surface area contributed by atoms with Gasteiger partial charge >= 0.3 is 0 Å². The van der Waals surface area contributed by atoms with Gasteiger partial charge in [0.1, 0.15) is 0 Å². The molecule has 0 bridgehead atoms. The fraction of sp³-hybridized carbons (Fsp3) is 0.917. The highest BCUT2D eigenvalue weighted by Gasteiger charge is 2.27. The largest absolute Gasteiger partial charge is 0.339 e. The van der Waals surface area contributed by atoms with Gasteiger partial charge in [-0.1, -0.05) is 6.92 Å². The van der Waals surface area contributed by atoms with E-state index in [0.29, 0.717) is 24.5 Å². The Morgan fingerprint density at radius 1 is 1.33 bits per heavy atom. The van der Waals surface area contributed by atoms with Gasteiger partial charge in [-0.15, -0.1) is 0 Å². The van der Waals surface area contributed by atoms with Crippen molar-refractivity contribution < 1.29 is 4.79 Å². The lowest BCUT2D eigenvalue weighted by molar-refractivity contribution is -0.134. The van der Waals surface area contributed by atoms with Gasteiger partial charge in [0.15, 0.2) is 0 Å². The first-order valence-corrected chi connectivity index (χ1v) is 6.34. The van der Waals surface area contributed by atoms with E-state index in [9.17, 15) is 4.79 Å². The molecule has 0 radical (unpaired) electrons. The van der Waals surface area contributed by atoms with Crippen LogP contribution in [0.25, 0.3) is 0 Å². The summed E-state index contributed by atoms with van der Waals surface area (Å²) in [6, 6.07) is 1.14. The number of amides is 1. The molecular weight excluding hydrogens is 188 g/mol. The van der Waals surface area contributed by atoms with Gasteiger partial charge in [0.2, 0.25) is 5.91 Å². The minimum absolute atomic E-state index is 0.313. The molecule has 2 aliphatic rings. The number of carbonyl (C=O) groups excluding carboxylic acids is 1. The zero-order valence-corrected chi connectivity index (χ0v) is 9.67. The Balaban J connectivity index is 1.79. The molecule has 2 rings (SSSR count). The van der Waals surface area contributed by atoms with Crippen LogP contribution in [0.5, 0.6) is 0 Å². The average Bonchev–Trinajstić information content (AvgIpc) is 3.09. The summed E-state index contributed by atoms with van der Waals surface area (Å²) < 4.78 is 0. The van der Waals surface area contributed by atoms with Gasteiger partial charge in [-0.2, -0.15) is 0 Å². The molecular formula is C12H22N2O. The van der Waals surface area contributed by atoms with Crippen LogP contribution in [0.1, 0.15) is 45.4 Å². The lowest BCUT2D eigenvalue weighted by Crippen LogP contribution is -2.47. The van der Waals surface area contributed by atoms with E-state index in [2.05, 4.69) is 17.1 Å².